The fourth-order valence-electron chi connectivity index (χ4n) is 5.43. The first-order chi connectivity index (χ1) is 27.7. The zero-order chi connectivity index (χ0) is 41.9. The van der Waals surface area contributed by atoms with E-state index in [0.717, 1.165) is 64.2 Å². The Kier molecular flexibility index (Phi) is 39.7. The van der Waals surface area contributed by atoms with E-state index in [1.54, 1.807) is 0 Å². The number of carbonyl (C=O) groups excluding carboxylic acids is 2. The molecule has 0 saturated heterocycles. The van der Waals surface area contributed by atoms with Gasteiger partial charge in [0, 0.05) is 12.8 Å². The third-order valence-electron chi connectivity index (χ3n) is 8.83. The van der Waals surface area contributed by atoms with Gasteiger partial charge in [0.15, 0.2) is 6.10 Å². The van der Waals surface area contributed by atoms with Gasteiger partial charge >= 0.3 is 19.8 Å². The van der Waals surface area contributed by atoms with Crippen molar-refractivity contribution in [3.8, 4) is 0 Å². The summed E-state index contributed by atoms with van der Waals surface area (Å²) in [6.45, 7) is 2.24. The molecule has 0 fully saturated rings. The molecule has 1 unspecified atom stereocenters. The summed E-state index contributed by atoms with van der Waals surface area (Å²) in [5, 5.41) is 18.3. The summed E-state index contributed by atoms with van der Waals surface area (Å²) >= 11 is 0. The number of allylic oxidation sites excluding steroid dienone is 12. The van der Waals surface area contributed by atoms with Gasteiger partial charge in [-0.1, -0.05) is 145 Å². The Balaban J connectivity index is 4.41. The number of ether oxygens (including phenoxy) is 2. The molecule has 0 spiro atoms. The molecule has 0 radical (unpaired) electrons. The molecule has 0 heterocycles. The number of hydrogen-bond acceptors (Lipinski definition) is 9. The summed E-state index contributed by atoms with van der Waals surface area (Å²) in [5.74, 6) is -1.00. The number of carbonyl (C=O) groups is 2. The molecule has 328 valence electrons. The van der Waals surface area contributed by atoms with Crippen LogP contribution in [0.3, 0.4) is 0 Å². The van der Waals surface area contributed by atoms with E-state index in [-0.39, 0.29) is 19.4 Å². The van der Waals surface area contributed by atoms with Gasteiger partial charge in [0.25, 0.3) is 0 Å². The first-order valence-corrected chi connectivity index (χ1v) is 23.4. The largest absolute Gasteiger partial charge is 0.472 e. The third kappa shape index (κ3) is 41.4. The van der Waals surface area contributed by atoms with E-state index >= 15 is 0 Å². The van der Waals surface area contributed by atoms with Crippen molar-refractivity contribution in [1.29, 1.82) is 0 Å². The third-order valence-corrected chi connectivity index (χ3v) is 9.78. The van der Waals surface area contributed by atoms with Crippen LogP contribution in [0.5, 0.6) is 0 Å². The number of aliphatic hydroxyl groups is 2. The average Bonchev–Trinajstić information content (AvgIpc) is 3.20. The molecule has 3 atom stereocenters. The molecule has 0 rings (SSSR count). The molecule has 0 aliphatic heterocycles. The van der Waals surface area contributed by atoms with Crippen molar-refractivity contribution in [3.05, 3.63) is 72.9 Å². The smallest absolute Gasteiger partial charge is 0.462 e. The van der Waals surface area contributed by atoms with Crippen LogP contribution >= 0.6 is 7.82 Å². The Morgan fingerprint density at radius 1 is 0.526 bits per heavy atom. The number of hydrogen-bond donors (Lipinski definition) is 3. The van der Waals surface area contributed by atoms with Gasteiger partial charge in [-0.3, -0.25) is 18.6 Å². The first-order valence-electron chi connectivity index (χ1n) is 21.9. The van der Waals surface area contributed by atoms with E-state index in [4.69, 9.17) is 19.1 Å². The fraction of sp³-hybridized carbons (Fsp3) is 0.696. The second kappa shape index (κ2) is 41.6. The van der Waals surface area contributed by atoms with E-state index in [0.29, 0.717) is 19.3 Å². The zero-order valence-corrected chi connectivity index (χ0v) is 36.4. The molecule has 0 aliphatic rings. The number of rotatable bonds is 40. The molecule has 57 heavy (non-hydrogen) atoms. The summed E-state index contributed by atoms with van der Waals surface area (Å²) in [7, 11) is -4.64. The molecule has 0 amide bonds. The monoisotopic (exact) mass is 823 g/mol. The molecular weight excluding hydrogens is 743 g/mol. The highest BCUT2D eigenvalue weighted by Gasteiger charge is 2.27. The lowest BCUT2D eigenvalue weighted by Crippen LogP contribution is -2.29. The van der Waals surface area contributed by atoms with Gasteiger partial charge in [0.05, 0.1) is 19.8 Å². The van der Waals surface area contributed by atoms with Crippen LogP contribution in [0.1, 0.15) is 168 Å². The molecule has 0 bridgehead atoms. The van der Waals surface area contributed by atoms with E-state index in [2.05, 4.69) is 85.2 Å². The van der Waals surface area contributed by atoms with Crippen molar-refractivity contribution in [3.63, 3.8) is 0 Å². The Hall–Kier alpha value is -2.59. The molecule has 10 nitrogen and oxygen atoms in total. The zero-order valence-electron chi connectivity index (χ0n) is 35.5. The summed E-state index contributed by atoms with van der Waals surface area (Å²) in [4.78, 5) is 35.0. The number of phosphoric ester groups is 1. The quantitative estimate of drug-likeness (QED) is 0.0236. The van der Waals surface area contributed by atoms with Gasteiger partial charge in [-0.05, 0) is 83.5 Å². The second-order valence-electron chi connectivity index (χ2n) is 14.4. The van der Waals surface area contributed by atoms with Gasteiger partial charge in [-0.2, -0.15) is 0 Å². The molecule has 11 heteroatoms. The lowest BCUT2D eigenvalue weighted by Gasteiger charge is -2.20. The Morgan fingerprint density at radius 3 is 1.42 bits per heavy atom. The molecule has 0 aliphatic carbocycles. The van der Waals surface area contributed by atoms with Crippen molar-refractivity contribution in [2.45, 2.75) is 180 Å². The highest BCUT2D eigenvalue weighted by atomic mass is 31.2. The molecule has 0 aromatic rings. The minimum atomic E-state index is -4.64. The van der Waals surface area contributed by atoms with Crippen LogP contribution in [-0.2, 0) is 32.7 Å². The lowest BCUT2D eigenvalue weighted by molar-refractivity contribution is -0.161. The van der Waals surface area contributed by atoms with Crippen molar-refractivity contribution >= 4 is 19.8 Å². The van der Waals surface area contributed by atoms with E-state index in [9.17, 15) is 24.2 Å². The second-order valence-corrected chi connectivity index (χ2v) is 15.8. The fourth-order valence-corrected chi connectivity index (χ4v) is 6.22. The van der Waals surface area contributed by atoms with Crippen LogP contribution in [-0.4, -0.2) is 65.7 Å². The molecular formula is C46H79O10P. The van der Waals surface area contributed by atoms with Crippen LogP contribution in [0.15, 0.2) is 72.9 Å². The van der Waals surface area contributed by atoms with Crippen LogP contribution in [0.4, 0.5) is 0 Å². The van der Waals surface area contributed by atoms with Crippen molar-refractivity contribution in [2.24, 2.45) is 0 Å². The van der Waals surface area contributed by atoms with Gasteiger partial charge in [0.2, 0.25) is 0 Å². The normalized spacial score (nSPS) is 14.5. The maximum absolute atomic E-state index is 12.6. The Morgan fingerprint density at radius 2 is 0.930 bits per heavy atom. The highest BCUT2D eigenvalue weighted by molar-refractivity contribution is 7.47. The van der Waals surface area contributed by atoms with Crippen LogP contribution in [0.25, 0.3) is 0 Å². The van der Waals surface area contributed by atoms with Gasteiger partial charge in [0.1, 0.15) is 12.7 Å². The standard InChI is InChI=1S/C46H79O10P/c1-3-5-7-9-11-13-15-17-19-21-23-25-27-29-31-33-35-37-45(49)53-41-44(42-55-57(51,52)54-40-43(48)39-47)56-46(50)38-36-34-32-30-28-26-24-22-20-18-16-14-12-10-8-6-4-2/h11-14,17-20,23,25,29,31,43-44,47-48H,3-10,15-16,21-22,24,26-28,30,32-42H2,1-2H3,(H,51,52)/b13-11-,14-12-,19-17-,20-18-,25-23-,31-29-/t43-,44+/m0/s1. The van der Waals surface area contributed by atoms with Gasteiger partial charge in [-0.25, -0.2) is 4.57 Å². The summed E-state index contributed by atoms with van der Waals surface area (Å²) in [5.41, 5.74) is 0. The predicted octanol–water partition coefficient (Wildman–Crippen LogP) is 11.7. The van der Waals surface area contributed by atoms with E-state index < -0.39 is 51.8 Å². The number of esters is 2. The van der Waals surface area contributed by atoms with Gasteiger partial charge in [-0.15, -0.1) is 0 Å². The van der Waals surface area contributed by atoms with Crippen LogP contribution in [0.2, 0.25) is 0 Å². The predicted molar refractivity (Wildman–Crippen MR) is 233 cm³/mol. The Bertz CT molecular complexity index is 1180. The SMILES string of the molecule is CCCCC/C=C\C/C=C\C/C=C\C/C=C\CCCC(=O)OC[C@H](COP(=O)(O)OC[C@@H](O)CO)OC(=O)CCCCCCCCC/C=C\C/C=C\CCCCC. The van der Waals surface area contributed by atoms with E-state index in [1.807, 2.05) is 6.08 Å². The van der Waals surface area contributed by atoms with Crippen molar-refractivity contribution in [2.75, 3.05) is 26.4 Å². The molecule has 0 aromatic carbocycles. The maximum Gasteiger partial charge on any atom is 0.472 e. The highest BCUT2D eigenvalue weighted by Crippen LogP contribution is 2.43. The van der Waals surface area contributed by atoms with Crippen molar-refractivity contribution < 1.29 is 47.8 Å². The summed E-state index contributed by atoms with van der Waals surface area (Å²) in [6.07, 6.45) is 47.2. The van der Waals surface area contributed by atoms with Gasteiger partial charge < -0.3 is 24.6 Å². The summed E-state index contributed by atoms with van der Waals surface area (Å²) in [6, 6.07) is 0. The first kappa shape index (κ1) is 54.4. The number of phosphoric acid groups is 1. The van der Waals surface area contributed by atoms with Crippen LogP contribution < -0.4 is 0 Å². The van der Waals surface area contributed by atoms with Crippen molar-refractivity contribution in [1.82, 2.24) is 0 Å². The number of unbranched alkanes of at least 4 members (excludes halogenated alkanes) is 14. The molecule has 3 N–H and O–H groups in total. The lowest BCUT2D eigenvalue weighted by atomic mass is 10.1. The minimum Gasteiger partial charge on any atom is -0.462 e. The molecule has 0 aromatic heterocycles. The van der Waals surface area contributed by atoms with E-state index in [1.165, 1.54) is 57.8 Å². The average molecular weight is 823 g/mol. The topological polar surface area (TPSA) is 149 Å². The minimum absolute atomic E-state index is 0.160. The maximum atomic E-state index is 12.6. The summed E-state index contributed by atoms with van der Waals surface area (Å²) < 4.78 is 32.7. The van der Waals surface area contributed by atoms with Crippen LogP contribution in [0, 0.1) is 0 Å². The number of aliphatic hydroxyl groups excluding tert-OH is 2. The molecule has 0 saturated carbocycles. The Labute approximate surface area is 346 Å².